The molecular formula is C20H22N4O2. The van der Waals surface area contributed by atoms with E-state index in [2.05, 4.69) is 27.5 Å². The molecule has 2 aromatic heterocycles. The highest BCUT2D eigenvalue weighted by molar-refractivity contribution is 5.94. The molecule has 0 bridgehead atoms. The first-order valence-electron chi connectivity index (χ1n) is 8.98. The van der Waals surface area contributed by atoms with Crippen LogP contribution in [0.25, 0.3) is 10.9 Å². The molecular weight excluding hydrogens is 328 g/mol. The predicted octanol–water partition coefficient (Wildman–Crippen LogP) is 2.44. The minimum absolute atomic E-state index is 0.000552. The van der Waals surface area contributed by atoms with E-state index in [0.717, 1.165) is 23.9 Å². The van der Waals surface area contributed by atoms with E-state index in [0.29, 0.717) is 18.8 Å². The van der Waals surface area contributed by atoms with Gasteiger partial charge in [0.05, 0.1) is 36.5 Å². The molecule has 2 atom stereocenters. The first-order chi connectivity index (χ1) is 12.7. The van der Waals surface area contributed by atoms with Gasteiger partial charge in [-0.15, -0.1) is 0 Å². The van der Waals surface area contributed by atoms with Crippen molar-refractivity contribution in [3.05, 3.63) is 60.0 Å². The minimum Gasteiger partial charge on any atom is -0.379 e. The molecule has 0 saturated carbocycles. The topological polar surface area (TPSA) is 69.0 Å². The fraction of sp³-hybridized carbons (Fsp3) is 0.350. The van der Waals surface area contributed by atoms with Gasteiger partial charge in [0.15, 0.2) is 0 Å². The summed E-state index contributed by atoms with van der Waals surface area (Å²) in [5.41, 5.74) is 2.83. The number of aryl methyl sites for hydroxylation is 1. The Kier molecular flexibility index (Phi) is 4.67. The number of pyridine rings is 1. The highest BCUT2D eigenvalue weighted by Crippen LogP contribution is 2.24. The average molecular weight is 350 g/mol. The summed E-state index contributed by atoms with van der Waals surface area (Å²) in [5.74, 6) is 0.149. The number of hydrogen-bond donors (Lipinski definition) is 1. The van der Waals surface area contributed by atoms with Gasteiger partial charge in [-0.25, -0.2) is 0 Å². The second kappa shape index (κ2) is 7.25. The zero-order valence-electron chi connectivity index (χ0n) is 14.8. The van der Waals surface area contributed by atoms with Crippen LogP contribution in [-0.4, -0.2) is 39.9 Å². The smallest absolute Gasteiger partial charge is 0.254 e. The fourth-order valence-electron chi connectivity index (χ4n) is 3.48. The quantitative estimate of drug-likeness (QED) is 0.767. The number of para-hydroxylation sites is 1. The first-order valence-corrected chi connectivity index (χ1v) is 8.98. The molecule has 26 heavy (non-hydrogen) atoms. The third kappa shape index (κ3) is 3.32. The molecule has 1 aliphatic heterocycles. The maximum absolute atomic E-state index is 12.5. The van der Waals surface area contributed by atoms with Crippen molar-refractivity contribution in [2.45, 2.75) is 25.9 Å². The van der Waals surface area contributed by atoms with Gasteiger partial charge < -0.3 is 10.1 Å². The van der Waals surface area contributed by atoms with Gasteiger partial charge in [0, 0.05) is 30.2 Å². The maximum Gasteiger partial charge on any atom is 0.254 e. The Labute approximate surface area is 152 Å². The molecule has 1 fully saturated rings. The third-order valence-electron chi connectivity index (χ3n) is 4.96. The van der Waals surface area contributed by atoms with Crippen LogP contribution in [0.4, 0.5) is 0 Å². The monoisotopic (exact) mass is 350 g/mol. The summed E-state index contributed by atoms with van der Waals surface area (Å²) in [4.78, 5) is 16.9. The van der Waals surface area contributed by atoms with Gasteiger partial charge in [0.2, 0.25) is 0 Å². The Bertz CT molecular complexity index is 916. The number of benzene rings is 1. The summed E-state index contributed by atoms with van der Waals surface area (Å²) in [5, 5.41) is 8.45. The average Bonchev–Trinajstić information content (AvgIpc) is 3.32. The van der Waals surface area contributed by atoms with E-state index in [9.17, 15) is 4.79 Å². The molecule has 1 saturated heterocycles. The number of nitrogens with zero attached hydrogens (tertiary/aromatic N) is 3. The Hall–Kier alpha value is -2.73. The summed E-state index contributed by atoms with van der Waals surface area (Å²) in [6, 6.07) is 10.2. The molecule has 1 N–H and O–H groups in total. The minimum atomic E-state index is -0.0928. The Balaban J connectivity index is 1.48. The highest BCUT2D eigenvalue weighted by atomic mass is 16.5. The zero-order chi connectivity index (χ0) is 17.9. The number of fused-ring (bicyclic) bond motifs is 1. The summed E-state index contributed by atoms with van der Waals surface area (Å²) < 4.78 is 7.42. The highest BCUT2D eigenvalue weighted by Gasteiger charge is 2.30. The van der Waals surface area contributed by atoms with Gasteiger partial charge in [0.25, 0.3) is 5.91 Å². The summed E-state index contributed by atoms with van der Waals surface area (Å²) >= 11 is 0. The van der Waals surface area contributed by atoms with Crippen LogP contribution < -0.4 is 5.32 Å². The van der Waals surface area contributed by atoms with Crippen molar-refractivity contribution in [3.63, 3.8) is 0 Å². The number of amides is 1. The lowest BCUT2D eigenvalue weighted by Gasteiger charge is -2.19. The second-order valence-electron chi connectivity index (χ2n) is 6.65. The molecule has 134 valence electrons. The van der Waals surface area contributed by atoms with Crippen LogP contribution in [0.3, 0.4) is 0 Å². The van der Waals surface area contributed by atoms with Crippen LogP contribution >= 0.6 is 0 Å². The van der Waals surface area contributed by atoms with Crippen LogP contribution in [-0.2, 0) is 17.7 Å². The Morgan fingerprint density at radius 2 is 2.19 bits per heavy atom. The number of carbonyl (C=O) groups excluding carboxylic acids is 1. The van der Waals surface area contributed by atoms with E-state index >= 15 is 0 Å². The number of rotatable bonds is 5. The lowest BCUT2D eigenvalue weighted by molar-refractivity contribution is 0.0925. The molecule has 3 heterocycles. The van der Waals surface area contributed by atoms with E-state index < -0.39 is 0 Å². The molecule has 0 aliphatic carbocycles. The van der Waals surface area contributed by atoms with Crippen molar-refractivity contribution in [1.82, 2.24) is 20.1 Å². The van der Waals surface area contributed by atoms with Crippen LogP contribution in [0.1, 0.15) is 22.8 Å². The van der Waals surface area contributed by atoms with E-state index in [4.69, 9.17) is 4.74 Å². The van der Waals surface area contributed by atoms with Crippen molar-refractivity contribution in [3.8, 4) is 0 Å². The molecule has 6 nitrogen and oxygen atoms in total. The van der Waals surface area contributed by atoms with Crippen LogP contribution in [0.5, 0.6) is 0 Å². The van der Waals surface area contributed by atoms with Crippen molar-refractivity contribution in [2.24, 2.45) is 5.92 Å². The number of aromatic nitrogens is 3. The first kappa shape index (κ1) is 16.7. The maximum atomic E-state index is 12.5. The van der Waals surface area contributed by atoms with Crippen molar-refractivity contribution < 1.29 is 9.53 Å². The van der Waals surface area contributed by atoms with Crippen LogP contribution in [0, 0.1) is 5.92 Å². The van der Waals surface area contributed by atoms with E-state index in [-0.39, 0.29) is 17.9 Å². The standard InChI is InChI=1S/C20H22N4O2/c1-2-24-11-16(10-22-24)20(25)23-19-13-26-12-15(19)9-14-7-8-21-18-6-4-3-5-17(14)18/h3-8,10-11,15,19H,2,9,12-13H2,1H3,(H,23,25)/t15-,19+/m1/s1. The summed E-state index contributed by atoms with van der Waals surface area (Å²) in [6.07, 6.45) is 6.08. The number of nitrogens with one attached hydrogen (secondary N) is 1. The van der Waals surface area contributed by atoms with Gasteiger partial charge in [0.1, 0.15) is 0 Å². The van der Waals surface area contributed by atoms with Gasteiger partial charge >= 0.3 is 0 Å². The summed E-state index contributed by atoms with van der Waals surface area (Å²) in [7, 11) is 0. The Morgan fingerprint density at radius 3 is 3.04 bits per heavy atom. The lowest BCUT2D eigenvalue weighted by Crippen LogP contribution is -2.40. The largest absolute Gasteiger partial charge is 0.379 e. The van der Waals surface area contributed by atoms with Gasteiger partial charge in [-0.1, -0.05) is 18.2 Å². The van der Waals surface area contributed by atoms with Gasteiger partial charge in [-0.3, -0.25) is 14.5 Å². The van der Waals surface area contributed by atoms with Crippen molar-refractivity contribution >= 4 is 16.8 Å². The normalized spacial score (nSPS) is 19.7. The van der Waals surface area contributed by atoms with Crippen LogP contribution in [0.2, 0.25) is 0 Å². The molecule has 0 spiro atoms. The third-order valence-corrected chi connectivity index (χ3v) is 4.96. The lowest BCUT2D eigenvalue weighted by atomic mass is 9.93. The molecule has 1 aromatic carbocycles. The molecule has 1 amide bonds. The van der Waals surface area contributed by atoms with E-state index in [1.807, 2.05) is 31.3 Å². The van der Waals surface area contributed by atoms with Crippen molar-refractivity contribution in [1.29, 1.82) is 0 Å². The molecule has 0 radical (unpaired) electrons. The molecule has 3 aromatic rings. The van der Waals surface area contributed by atoms with E-state index in [1.54, 1.807) is 17.1 Å². The number of hydrogen-bond acceptors (Lipinski definition) is 4. The van der Waals surface area contributed by atoms with Crippen LogP contribution in [0.15, 0.2) is 48.9 Å². The molecule has 1 aliphatic rings. The SMILES string of the molecule is CCn1cc(C(=O)N[C@H]2COC[C@H]2Cc2ccnc3ccccc23)cn1. The number of carbonyl (C=O) groups is 1. The van der Waals surface area contributed by atoms with E-state index in [1.165, 1.54) is 5.56 Å². The molecule has 0 unspecified atom stereocenters. The van der Waals surface area contributed by atoms with Gasteiger partial charge in [-0.05, 0) is 31.0 Å². The summed E-state index contributed by atoms with van der Waals surface area (Å²) in [6.45, 7) is 3.93. The Morgan fingerprint density at radius 1 is 1.31 bits per heavy atom. The molecule has 6 heteroatoms. The van der Waals surface area contributed by atoms with Gasteiger partial charge in [-0.2, -0.15) is 5.10 Å². The second-order valence-corrected chi connectivity index (χ2v) is 6.65. The fourth-order valence-corrected chi connectivity index (χ4v) is 3.48. The van der Waals surface area contributed by atoms with Crippen molar-refractivity contribution in [2.75, 3.05) is 13.2 Å². The predicted molar refractivity (Wildman–Crippen MR) is 98.9 cm³/mol. The zero-order valence-corrected chi connectivity index (χ0v) is 14.8. The molecule has 4 rings (SSSR count). The number of ether oxygens (including phenoxy) is 1.